The Morgan fingerprint density at radius 3 is 2.78 bits per heavy atom. The summed E-state index contributed by atoms with van der Waals surface area (Å²) in [6.45, 7) is 0. The van der Waals surface area contributed by atoms with Crippen LogP contribution in [0.1, 0.15) is 16.5 Å². The highest BCUT2D eigenvalue weighted by Gasteiger charge is 2.21. The quantitative estimate of drug-likeness (QED) is 0.581. The molecule has 0 nitrogen and oxygen atoms in total. The van der Waals surface area contributed by atoms with E-state index in [0.29, 0.717) is 11.4 Å². The number of rotatable bonds is 0. The molecule has 1 aliphatic rings. The van der Waals surface area contributed by atoms with Crippen molar-refractivity contribution in [3.05, 3.63) is 58.4 Å². The molecule has 0 aromatic heterocycles. The molecule has 2 aromatic carbocycles. The van der Waals surface area contributed by atoms with Gasteiger partial charge in [-0.05, 0) is 47.9 Å². The third-order valence-corrected chi connectivity index (χ3v) is 4.77. The second kappa shape index (κ2) is 4.76. The number of hydrogen-bond donors (Lipinski definition) is 0. The minimum Gasteiger partial charge on any atom is -0.207 e. The summed E-state index contributed by atoms with van der Waals surface area (Å²) in [5.74, 6) is -0.246. The normalized spacial score (nSPS) is 17.8. The Labute approximate surface area is 119 Å². The van der Waals surface area contributed by atoms with Crippen LogP contribution in [0.25, 0.3) is 0 Å². The molecule has 4 heteroatoms. The summed E-state index contributed by atoms with van der Waals surface area (Å²) in [6.07, 6.45) is 0.692. The molecule has 2 aromatic rings. The molecule has 1 heterocycles. The lowest BCUT2D eigenvalue weighted by Gasteiger charge is -2.09. The lowest BCUT2D eigenvalue weighted by molar-refractivity contribution is 0.622. The van der Waals surface area contributed by atoms with Gasteiger partial charge in [0.05, 0.1) is 5.38 Å². The molecule has 92 valence electrons. The third kappa shape index (κ3) is 2.25. The topological polar surface area (TPSA) is 0 Å². The van der Waals surface area contributed by atoms with Gasteiger partial charge in [0.2, 0.25) is 0 Å². The van der Waals surface area contributed by atoms with Crippen molar-refractivity contribution in [2.45, 2.75) is 21.6 Å². The minimum absolute atomic E-state index is 0.203. The van der Waals surface area contributed by atoms with E-state index in [1.165, 1.54) is 12.1 Å². The van der Waals surface area contributed by atoms with Gasteiger partial charge in [-0.25, -0.2) is 4.39 Å². The molecule has 3 rings (SSSR count). The molecule has 1 unspecified atom stereocenters. The molecule has 1 aliphatic heterocycles. The summed E-state index contributed by atoms with van der Waals surface area (Å²) >= 11 is 14.0. The SMILES string of the molecule is Fc1ccc2c(c1)C(Cl)Cc1ccc(Cl)cc1S2. The highest BCUT2D eigenvalue weighted by atomic mass is 35.5. The molecule has 0 saturated carbocycles. The van der Waals surface area contributed by atoms with Gasteiger partial charge in [-0.15, -0.1) is 11.6 Å². The maximum absolute atomic E-state index is 13.3. The monoisotopic (exact) mass is 298 g/mol. The van der Waals surface area contributed by atoms with Crippen LogP contribution >= 0.6 is 35.0 Å². The molecular weight excluding hydrogens is 290 g/mol. The van der Waals surface area contributed by atoms with Crippen molar-refractivity contribution in [1.82, 2.24) is 0 Å². The van der Waals surface area contributed by atoms with E-state index in [1.54, 1.807) is 17.8 Å². The van der Waals surface area contributed by atoms with Crippen molar-refractivity contribution in [3.63, 3.8) is 0 Å². The summed E-state index contributed by atoms with van der Waals surface area (Å²) in [5.41, 5.74) is 2.01. The number of alkyl halides is 1. The summed E-state index contributed by atoms with van der Waals surface area (Å²) in [4.78, 5) is 2.09. The van der Waals surface area contributed by atoms with Gasteiger partial charge in [0.15, 0.2) is 0 Å². The molecule has 1 atom stereocenters. The lowest BCUT2D eigenvalue weighted by Crippen LogP contribution is -1.96. The summed E-state index contributed by atoms with van der Waals surface area (Å²) in [6, 6.07) is 10.5. The van der Waals surface area contributed by atoms with Crippen LogP contribution in [0.5, 0.6) is 0 Å². The molecule has 0 fully saturated rings. The van der Waals surface area contributed by atoms with Crippen LogP contribution in [0, 0.1) is 5.82 Å². The second-order valence-electron chi connectivity index (χ2n) is 4.21. The van der Waals surface area contributed by atoms with E-state index in [-0.39, 0.29) is 11.2 Å². The van der Waals surface area contributed by atoms with Crippen molar-refractivity contribution >= 4 is 35.0 Å². The Hall–Kier alpha value is -0.700. The Morgan fingerprint density at radius 2 is 1.94 bits per heavy atom. The van der Waals surface area contributed by atoms with Crippen molar-refractivity contribution in [3.8, 4) is 0 Å². The van der Waals surface area contributed by atoms with Gasteiger partial charge in [-0.1, -0.05) is 29.4 Å². The van der Waals surface area contributed by atoms with Crippen LogP contribution in [-0.2, 0) is 6.42 Å². The van der Waals surface area contributed by atoms with Crippen molar-refractivity contribution in [2.75, 3.05) is 0 Å². The molecule has 0 bridgehead atoms. The number of benzene rings is 2. The molecule has 18 heavy (non-hydrogen) atoms. The summed E-state index contributed by atoms with van der Waals surface area (Å²) in [5, 5.41) is 0.503. The zero-order valence-corrected chi connectivity index (χ0v) is 11.6. The molecule has 0 aliphatic carbocycles. The molecule has 0 saturated heterocycles. The van der Waals surface area contributed by atoms with Gasteiger partial charge in [-0.2, -0.15) is 0 Å². The van der Waals surface area contributed by atoms with Crippen LogP contribution in [0.15, 0.2) is 46.2 Å². The van der Waals surface area contributed by atoms with Gasteiger partial charge in [-0.3, -0.25) is 0 Å². The molecule has 0 N–H and O–H groups in total. The van der Waals surface area contributed by atoms with Crippen molar-refractivity contribution in [1.29, 1.82) is 0 Å². The predicted molar refractivity (Wildman–Crippen MR) is 74.3 cm³/mol. The van der Waals surface area contributed by atoms with E-state index in [2.05, 4.69) is 0 Å². The lowest BCUT2D eigenvalue weighted by atomic mass is 10.0. The first kappa shape index (κ1) is 12.3. The standard InChI is InChI=1S/C14H9Cl2FS/c15-9-2-1-8-5-12(16)11-7-10(17)3-4-13(11)18-14(8)6-9/h1-4,6-7,12H,5H2. The van der Waals surface area contributed by atoms with E-state index >= 15 is 0 Å². The van der Waals surface area contributed by atoms with Gasteiger partial charge in [0.1, 0.15) is 5.82 Å². The number of fused-ring (bicyclic) bond motifs is 2. The fourth-order valence-corrected chi connectivity index (χ4v) is 3.88. The smallest absolute Gasteiger partial charge is 0.123 e. The van der Waals surface area contributed by atoms with Gasteiger partial charge < -0.3 is 0 Å². The van der Waals surface area contributed by atoms with Crippen LogP contribution in [0.2, 0.25) is 5.02 Å². The Morgan fingerprint density at radius 1 is 1.11 bits per heavy atom. The average molecular weight is 299 g/mol. The first-order valence-electron chi connectivity index (χ1n) is 5.53. The van der Waals surface area contributed by atoms with Gasteiger partial charge >= 0.3 is 0 Å². The maximum atomic E-state index is 13.3. The van der Waals surface area contributed by atoms with Crippen LogP contribution < -0.4 is 0 Å². The first-order chi connectivity index (χ1) is 8.63. The maximum Gasteiger partial charge on any atom is 0.123 e. The average Bonchev–Trinajstić information content (AvgIpc) is 2.46. The van der Waals surface area contributed by atoms with Gasteiger partial charge in [0.25, 0.3) is 0 Å². The molecular formula is C14H9Cl2FS. The largest absolute Gasteiger partial charge is 0.207 e. The van der Waals surface area contributed by atoms with E-state index in [0.717, 1.165) is 20.9 Å². The fraction of sp³-hybridized carbons (Fsp3) is 0.143. The Bertz CT molecular complexity index is 613. The summed E-state index contributed by atoms with van der Waals surface area (Å²) in [7, 11) is 0. The molecule has 0 radical (unpaired) electrons. The zero-order chi connectivity index (χ0) is 12.7. The number of halogens is 3. The third-order valence-electron chi connectivity index (χ3n) is 2.96. The highest BCUT2D eigenvalue weighted by Crippen LogP contribution is 2.43. The van der Waals surface area contributed by atoms with Crippen LogP contribution in [0.4, 0.5) is 4.39 Å². The Balaban J connectivity index is 2.14. The minimum atomic E-state index is -0.246. The van der Waals surface area contributed by atoms with Crippen molar-refractivity contribution < 1.29 is 4.39 Å². The molecule has 0 amide bonds. The van der Waals surface area contributed by atoms with E-state index in [1.807, 2.05) is 18.2 Å². The zero-order valence-electron chi connectivity index (χ0n) is 9.29. The summed E-state index contributed by atoms with van der Waals surface area (Å²) < 4.78 is 13.3. The van der Waals surface area contributed by atoms with E-state index in [4.69, 9.17) is 23.2 Å². The highest BCUT2D eigenvalue weighted by molar-refractivity contribution is 7.99. The van der Waals surface area contributed by atoms with Gasteiger partial charge in [0, 0.05) is 14.8 Å². The van der Waals surface area contributed by atoms with E-state index in [9.17, 15) is 4.39 Å². The predicted octanol–water partition coefficient (Wildman–Crippen LogP) is 5.47. The van der Waals surface area contributed by atoms with Crippen LogP contribution in [0.3, 0.4) is 0 Å². The van der Waals surface area contributed by atoms with E-state index < -0.39 is 0 Å². The fourth-order valence-electron chi connectivity index (χ4n) is 2.07. The second-order valence-corrected chi connectivity index (χ2v) is 6.25. The first-order valence-corrected chi connectivity index (χ1v) is 7.16. The Kier molecular flexibility index (Phi) is 3.27. The van der Waals surface area contributed by atoms with Crippen molar-refractivity contribution in [2.24, 2.45) is 0 Å². The van der Waals surface area contributed by atoms with Crippen LogP contribution in [-0.4, -0.2) is 0 Å². The molecule has 0 spiro atoms. The number of hydrogen-bond acceptors (Lipinski definition) is 1.